The van der Waals surface area contributed by atoms with E-state index in [2.05, 4.69) is 6.58 Å². The van der Waals surface area contributed by atoms with Crippen LogP contribution in [0.4, 0.5) is 0 Å². The lowest BCUT2D eigenvalue weighted by Gasteiger charge is -2.07. The summed E-state index contributed by atoms with van der Waals surface area (Å²) in [7, 11) is 0. The number of carboxylic acid groups (broad SMARTS) is 1. The van der Waals surface area contributed by atoms with E-state index in [1.807, 2.05) is 6.08 Å². The van der Waals surface area contributed by atoms with Crippen molar-refractivity contribution in [2.75, 3.05) is 6.61 Å². The standard InChI is InChI=1S/C20H28O4/c1-2-3-4-5-6-7-8-9-10-13-16-24-20(23)18-15-12-11-14-17(18)19(21)22/h2,11-12,14-15H,1,3-10,13,16H2,(H,21,22). The third-order valence-corrected chi connectivity index (χ3v) is 3.91. The molecule has 0 aliphatic carbocycles. The molecule has 0 saturated carbocycles. The van der Waals surface area contributed by atoms with Gasteiger partial charge in [-0.15, -0.1) is 6.58 Å². The highest BCUT2D eigenvalue weighted by Crippen LogP contribution is 2.12. The number of hydrogen-bond acceptors (Lipinski definition) is 3. The highest BCUT2D eigenvalue weighted by molar-refractivity contribution is 6.02. The van der Waals surface area contributed by atoms with Crippen molar-refractivity contribution in [3.05, 3.63) is 48.0 Å². The Kier molecular flexibility index (Phi) is 10.3. The lowest BCUT2D eigenvalue weighted by Crippen LogP contribution is -2.12. The number of esters is 1. The first kappa shape index (κ1) is 19.9. The van der Waals surface area contributed by atoms with Crippen LogP contribution in [0.5, 0.6) is 0 Å². The monoisotopic (exact) mass is 332 g/mol. The second-order valence-electron chi connectivity index (χ2n) is 5.89. The van der Waals surface area contributed by atoms with E-state index in [-0.39, 0.29) is 11.1 Å². The van der Waals surface area contributed by atoms with Crippen LogP contribution in [0.15, 0.2) is 36.9 Å². The van der Waals surface area contributed by atoms with Gasteiger partial charge in [-0.3, -0.25) is 0 Å². The molecule has 0 fully saturated rings. The minimum atomic E-state index is -1.12. The number of hydrogen-bond donors (Lipinski definition) is 1. The Balaban J connectivity index is 2.10. The van der Waals surface area contributed by atoms with E-state index < -0.39 is 11.9 Å². The first-order valence-corrected chi connectivity index (χ1v) is 8.77. The number of benzene rings is 1. The molecule has 1 aromatic carbocycles. The zero-order valence-electron chi connectivity index (χ0n) is 14.3. The quantitative estimate of drug-likeness (QED) is 0.305. The summed E-state index contributed by atoms with van der Waals surface area (Å²) in [5, 5.41) is 9.06. The van der Waals surface area contributed by atoms with Gasteiger partial charge in [-0.25, -0.2) is 9.59 Å². The van der Waals surface area contributed by atoms with Crippen molar-refractivity contribution in [1.29, 1.82) is 0 Å². The molecule has 4 nitrogen and oxygen atoms in total. The van der Waals surface area contributed by atoms with Crippen molar-refractivity contribution in [2.24, 2.45) is 0 Å². The van der Waals surface area contributed by atoms with Crippen LogP contribution in [-0.4, -0.2) is 23.7 Å². The van der Waals surface area contributed by atoms with Crippen molar-refractivity contribution in [2.45, 2.75) is 57.8 Å². The molecule has 132 valence electrons. The van der Waals surface area contributed by atoms with E-state index in [1.54, 1.807) is 12.1 Å². The van der Waals surface area contributed by atoms with Gasteiger partial charge in [-0.1, -0.05) is 56.7 Å². The maximum Gasteiger partial charge on any atom is 0.339 e. The van der Waals surface area contributed by atoms with Crippen LogP contribution in [0.1, 0.15) is 78.5 Å². The fourth-order valence-corrected chi connectivity index (χ4v) is 2.54. The Labute approximate surface area is 144 Å². The van der Waals surface area contributed by atoms with Crippen LogP contribution in [0.25, 0.3) is 0 Å². The number of carboxylic acids is 1. The van der Waals surface area contributed by atoms with Crippen LogP contribution < -0.4 is 0 Å². The molecule has 0 aliphatic rings. The van der Waals surface area contributed by atoms with E-state index in [0.29, 0.717) is 6.61 Å². The highest BCUT2D eigenvalue weighted by Gasteiger charge is 2.16. The number of carbonyl (C=O) groups is 2. The molecular formula is C20H28O4. The molecule has 1 rings (SSSR count). The molecule has 0 aromatic heterocycles. The minimum Gasteiger partial charge on any atom is -0.478 e. The van der Waals surface area contributed by atoms with Crippen molar-refractivity contribution < 1.29 is 19.4 Å². The molecule has 0 saturated heterocycles. The summed E-state index contributed by atoms with van der Waals surface area (Å²) in [6, 6.07) is 6.13. The van der Waals surface area contributed by atoms with Crippen molar-refractivity contribution in [1.82, 2.24) is 0 Å². The van der Waals surface area contributed by atoms with Gasteiger partial charge in [-0.2, -0.15) is 0 Å². The SMILES string of the molecule is C=CCCCCCCCCCCOC(=O)c1ccccc1C(=O)O. The Morgan fingerprint density at radius 3 is 2.04 bits per heavy atom. The normalized spacial score (nSPS) is 10.3. The molecule has 0 unspecified atom stereocenters. The van der Waals surface area contributed by atoms with Gasteiger partial charge in [0.2, 0.25) is 0 Å². The average Bonchev–Trinajstić information content (AvgIpc) is 2.59. The van der Waals surface area contributed by atoms with Crippen molar-refractivity contribution in [3.8, 4) is 0 Å². The van der Waals surface area contributed by atoms with E-state index in [9.17, 15) is 9.59 Å². The van der Waals surface area contributed by atoms with Crippen LogP contribution in [0.2, 0.25) is 0 Å². The topological polar surface area (TPSA) is 63.6 Å². The predicted octanol–water partition coefficient (Wildman–Crippen LogP) is 5.24. The lowest BCUT2D eigenvalue weighted by atomic mass is 10.1. The van der Waals surface area contributed by atoms with Gasteiger partial charge in [0.05, 0.1) is 17.7 Å². The lowest BCUT2D eigenvalue weighted by molar-refractivity contribution is 0.0487. The summed E-state index contributed by atoms with van der Waals surface area (Å²) < 4.78 is 5.18. The first-order valence-electron chi connectivity index (χ1n) is 8.77. The van der Waals surface area contributed by atoms with Gasteiger partial charge in [0, 0.05) is 0 Å². The van der Waals surface area contributed by atoms with E-state index in [1.165, 1.54) is 44.2 Å². The number of unbranched alkanes of at least 4 members (excludes halogenated alkanes) is 8. The summed E-state index contributed by atoms with van der Waals surface area (Å²) in [5.41, 5.74) is 0.100. The Morgan fingerprint density at radius 2 is 1.46 bits per heavy atom. The van der Waals surface area contributed by atoms with Gasteiger partial charge in [0.1, 0.15) is 0 Å². The molecule has 4 heteroatoms. The van der Waals surface area contributed by atoms with Crippen LogP contribution in [-0.2, 0) is 4.74 Å². The summed E-state index contributed by atoms with van der Waals surface area (Å²) >= 11 is 0. The molecule has 0 amide bonds. The third kappa shape index (κ3) is 7.95. The zero-order chi connectivity index (χ0) is 17.6. The predicted molar refractivity (Wildman–Crippen MR) is 95.4 cm³/mol. The van der Waals surface area contributed by atoms with Crippen LogP contribution >= 0.6 is 0 Å². The second-order valence-corrected chi connectivity index (χ2v) is 5.89. The van der Waals surface area contributed by atoms with Crippen molar-refractivity contribution >= 4 is 11.9 Å². The number of carbonyl (C=O) groups excluding carboxylic acids is 1. The smallest absolute Gasteiger partial charge is 0.339 e. The first-order chi connectivity index (χ1) is 11.7. The summed E-state index contributed by atoms with van der Waals surface area (Å²) in [5.74, 6) is -1.68. The van der Waals surface area contributed by atoms with E-state index >= 15 is 0 Å². The molecule has 0 aliphatic heterocycles. The Bertz CT molecular complexity index is 522. The Hall–Kier alpha value is -2.10. The van der Waals surface area contributed by atoms with Gasteiger partial charge in [0.25, 0.3) is 0 Å². The van der Waals surface area contributed by atoms with E-state index in [4.69, 9.17) is 9.84 Å². The van der Waals surface area contributed by atoms with Crippen molar-refractivity contribution in [3.63, 3.8) is 0 Å². The molecule has 0 spiro atoms. The molecule has 0 atom stereocenters. The number of aromatic carboxylic acids is 1. The molecule has 0 heterocycles. The second kappa shape index (κ2) is 12.3. The summed E-state index contributed by atoms with van der Waals surface area (Å²) in [6.45, 7) is 4.06. The molecular weight excluding hydrogens is 304 g/mol. The molecule has 1 N–H and O–H groups in total. The maximum absolute atomic E-state index is 11.9. The van der Waals surface area contributed by atoms with Gasteiger partial charge in [-0.05, 0) is 31.4 Å². The third-order valence-electron chi connectivity index (χ3n) is 3.91. The van der Waals surface area contributed by atoms with Gasteiger partial charge >= 0.3 is 11.9 Å². The number of rotatable bonds is 13. The molecule has 24 heavy (non-hydrogen) atoms. The largest absolute Gasteiger partial charge is 0.478 e. The Morgan fingerprint density at radius 1 is 0.917 bits per heavy atom. The van der Waals surface area contributed by atoms with Gasteiger partial charge < -0.3 is 9.84 Å². The molecule has 0 bridgehead atoms. The van der Waals surface area contributed by atoms with Crippen LogP contribution in [0, 0.1) is 0 Å². The minimum absolute atomic E-state index is 0.0149. The highest BCUT2D eigenvalue weighted by atomic mass is 16.5. The zero-order valence-corrected chi connectivity index (χ0v) is 14.3. The van der Waals surface area contributed by atoms with Gasteiger partial charge in [0.15, 0.2) is 0 Å². The molecule has 0 radical (unpaired) electrons. The number of allylic oxidation sites excluding steroid dienone is 1. The fraction of sp³-hybridized carbons (Fsp3) is 0.500. The van der Waals surface area contributed by atoms with Crippen LogP contribution in [0.3, 0.4) is 0 Å². The summed E-state index contributed by atoms with van der Waals surface area (Å²) in [4.78, 5) is 23.0. The number of ether oxygens (including phenoxy) is 1. The molecule has 1 aromatic rings. The fourth-order valence-electron chi connectivity index (χ4n) is 2.54. The maximum atomic E-state index is 11.9. The summed E-state index contributed by atoms with van der Waals surface area (Å²) in [6.07, 6.45) is 12.3. The average molecular weight is 332 g/mol. The van der Waals surface area contributed by atoms with E-state index in [0.717, 1.165) is 25.7 Å².